The summed E-state index contributed by atoms with van der Waals surface area (Å²) in [5.74, 6) is -1.52. The van der Waals surface area contributed by atoms with Gasteiger partial charge in [-0.1, -0.05) is 18.2 Å². The molecule has 0 saturated heterocycles. The summed E-state index contributed by atoms with van der Waals surface area (Å²) in [5.41, 5.74) is 6.99. The van der Waals surface area contributed by atoms with Crippen LogP contribution < -0.4 is 10.5 Å². The van der Waals surface area contributed by atoms with Crippen molar-refractivity contribution in [2.24, 2.45) is 10.9 Å². The average Bonchev–Trinajstić information content (AvgIpc) is 3.29. The minimum Gasteiger partial charge on any atom is -0.497 e. The summed E-state index contributed by atoms with van der Waals surface area (Å²) >= 11 is 0. The fourth-order valence-electron chi connectivity index (χ4n) is 3.54. The lowest BCUT2D eigenvalue weighted by Gasteiger charge is -2.33. The summed E-state index contributed by atoms with van der Waals surface area (Å²) in [6, 6.07) is 12.6. The highest BCUT2D eigenvalue weighted by Gasteiger charge is 2.54. The van der Waals surface area contributed by atoms with Crippen molar-refractivity contribution >= 4 is 27.7 Å². The number of nitrogens with zero attached hydrogens (tertiary/aromatic N) is 1. The SMILES string of the molecule is COC(=O)C(Cc1ccccc1N)C(O)C1(S(=O)(=O)c2ccc(OC)cc2)C=CC=N1. The summed E-state index contributed by atoms with van der Waals surface area (Å²) in [6.45, 7) is 0. The van der Waals surface area contributed by atoms with Gasteiger partial charge < -0.3 is 20.3 Å². The number of sulfone groups is 1. The zero-order valence-electron chi connectivity index (χ0n) is 17.1. The van der Waals surface area contributed by atoms with Gasteiger partial charge in [0.2, 0.25) is 14.7 Å². The summed E-state index contributed by atoms with van der Waals surface area (Å²) < 4.78 is 37.1. The van der Waals surface area contributed by atoms with E-state index in [1.165, 1.54) is 56.9 Å². The van der Waals surface area contributed by atoms with Gasteiger partial charge >= 0.3 is 5.97 Å². The Morgan fingerprint density at radius 3 is 2.39 bits per heavy atom. The van der Waals surface area contributed by atoms with Crippen molar-refractivity contribution in [1.82, 2.24) is 0 Å². The molecule has 3 unspecified atom stereocenters. The number of rotatable bonds is 8. The van der Waals surface area contributed by atoms with Crippen LogP contribution in [-0.4, -0.2) is 50.9 Å². The minimum absolute atomic E-state index is 0.0241. The van der Waals surface area contributed by atoms with E-state index in [9.17, 15) is 18.3 Å². The number of aliphatic hydroxyl groups is 1. The Morgan fingerprint density at radius 1 is 1.16 bits per heavy atom. The maximum absolute atomic E-state index is 13.6. The lowest BCUT2D eigenvalue weighted by Crippen LogP contribution is -2.51. The van der Waals surface area contributed by atoms with Crippen molar-refractivity contribution in [3.63, 3.8) is 0 Å². The normalized spacial score (nSPS) is 19.7. The highest BCUT2D eigenvalue weighted by atomic mass is 32.2. The second-order valence-corrected chi connectivity index (χ2v) is 9.18. The first-order chi connectivity index (χ1) is 14.8. The van der Waals surface area contributed by atoms with E-state index in [1.807, 2.05) is 0 Å². The molecule has 1 aliphatic rings. The first-order valence-corrected chi connectivity index (χ1v) is 11.0. The van der Waals surface area contributed by atoms with Crippen molar-refractivity contribution in [2.45, 2.75) is 22.3 Å². The number of aliphatic hydroxyl groups excluding tert-OH is 1. The number of ether oxygens (including phenoxy) is 2. The molecule has 164 valence electrons. The summed E-state index contributed by atoms with van der Waals surface area (Å²) in [4.78, 5) is 14.6. The molecule has 3 N–H and O–H groups in total. The molecule has 0 bridgehead atoms. The zero-order chi connectivity index (χ0) is 22.6. The van der Waals surface area contributed by atoms with Crippen LogP contribution in [0.5, 0.6) is 5.75 Å². The van der Waals surface area contributed by atoms with Gasteiger partial charge in [-0.25, -0.2) is 8.42 Å². The van der Waals surface area contributed by atoms with E-state index in [1.54, 1.807) is 24.3 Å². The molecule has 2 aromatic rings. The van der Waals surface area contributed by atoms with Crippen LogP contribution in [-0.2, 0) is 25.8 Å². The van der Waals surface area contributed by atoms with E-state index >= 15 is 0 Å². The molecule has 3 rings (SSSR count). The van der Waals surface area contributed by atoms with Crippen molar-refractivity contribution in [3.8, 4) is 5.75 Å². The number of nitrogens with two attached hydrogens (primary N) is 1. The van der Waals surface area contributed by atoms with Gasteiger partial charge in [0.25, 0.3) is 0 Å². The first-order valence-electron chi connectivity index (χ1n) is 9.48. The topological polar surface area (TPSA) is 128 Å². The molecule has 0 saturated carbocycles. The highest BCUT2D eigenvalue weighted by Crippen LogP contribution is 2.39. The lowest BCUT2D eigenvalue weighted by molar-refractivity contribution is -0.150. The highest BCUT2D eigenvalue weighted by molar-refractivity contribution is 7.93. The maximum Gasteiger partial charge on any atom is 0.311 e. The molecule has 1 aliphatic heterocycles. The number of methoxy groups -OCH3 is 2. The van der Waals surface area contributed by atoms with Crippen LogP contribution in [0.3, 0.4) is 0 Å². The van der Waals surface area contributed by atoms with E-state index in [0.29, 0.717) is 17.0 Å². The van der Waals surface area contributed by atoms with Gasteiger partial charge in [0.05, 0.1) is 25.0 Å². The summed E-state index contributed by atoms with van der Waals surface area (Å²) in [7, 11) is -1.60. The van der Waals surface area contributed by atoms with E-state index in [2.05, 4.69) is 4.99 Å². The molecule has 0 fully saturated rings. The third-order valence-electron chi connectivity index (χ3n) is 5.30. The van der Waals surface area contributed by atoms with Crippen molar-refractivity contribution in [3.05, 3.63) is 66.2 Å². The van der Waals surface area contributed by atoms with Gasteiger partial charge in [-0.2, -0.15) is 0 Å². The standard InChI is InChI=1S/C22H24N2O6S/c1-29-16-8-10-17(11-9-16)31(27,28)22(12-5-13-24-22)20(25)18(21(26)30-2)14-15-6-3-4-7-19(15)23/h3-13,18,20,25H,14,23H2,1-2H3. The average molecular weight is 445 g/mol. The number of hydrogen-bond donors (Lipinski definition) is 2. The smallest absolute Gasteiger partial charge is 0.311 e. The van der Waals surface area contributed by atoms with Gasteiger partial charge in [0.15, 0.2) is 0 Å². The number of benzene rings is 2. The molecular formula is C22H24N2O6S. The van der Waals surface area contributed by atoms with E-state index in [4.69, 9.17) is 15.2 Å². The number of anilines is 1. The Labute approximate surface area is 180 Å². The molecular weight excluding hydrogens is 420 g/mol. The molecule has 31 heavy (non-hydrogen) atoms. The Bertz CT molecular complexity index is 1100. The molecule has 0 aliphatic carbocycles. The fourth-order valence-corrected chi connectivity index (χ4v) is 5.35. The fraction of sp³-hybridized carbons (Fsp3) is 0.273. The van der Waals surface area contributed by atoms with Crippen LogP contribution in [0.2, 0.25) is 0 Å². The number of carbonyl (C=O) groups is 1. The number of allylic oxidation sites excluding steroid dienone is 1. The molecule has 0 aromatic heterocycles. The van der Waals surface area contributed by atoms with E-state index < -0.39 is 32.7 Å². The number of esters is 1. The van der Waals surface area contributed by atoms with Gasteiger partial charge in [-0.05, 0) is 54.5 Å². The van der Waals surface area contributed by atoms with Gasteiger partial charge in [-0.3, -0.25) is 9.79 Å². The Hall–Kier alpha value is -3.17. The molecule has 1 heterocycles. The molecule has 8 nitrogen and oxygen atoms in total. The van der Waals surface area contributed by atoms with Crippen LogP contribution >= 0.6 is 0 Å². The largest absolute Gasteiger partial charge is 0.497 e. The molecule has 0 spiro atoms. The first kappa shape index (κ1) is 22.5. The van der Waals surface area contributed by atoms with Crippen LogP contribution in [0.1, 0.15) is 5.56 Å². The third-order valence-corrected chi connectivity index (χ3v) is 7.54. The van der Waals surface area contributed by atoms with Crippen molar-refractivity contribution in [1.29, 1.82) is 0 Å². The van der Waals surface area contributed by atoms with E-state index in [-0.39, 0.29) is 11.3 Å². The quantitative estimate of drug-likeness (QED) is 0.469. The number of aliphatic imine (C=N–C) groups is 1. The van der Waals surface area contributed by atoms with Crippen LogP contribution in [0.25, 0.3) is 0 Å². The lowest BCUT2D eigenvalue weighted by atomic mass is 9.89. The van der Waals surface area contributed by atoms with Crippen LogP contribution in [0.15, 0.2) is 70.6 Å². The van der Waals surface area contributed by atoms with Gasteiger partial charge in [0, 0.05) is 11.9 Å². The predicted octanol–water partition coefficient (Wildman–Crippen LogP) is 1.78. The van der Waals surface area contributed by atoms with Crippen molar-refractivity contribution < 1.29 is 27.8 Å². The number of hydrogen-bond acceptors (Lipinski definition) is 8. The number of para-hydroxylation sites is 1. The molecule has 0 amide bonds. The molecule has 2 aromatic carbocycles. The number of carbonyl (C=O) groups excluding carboxylic acids is 1. The van der Waals surface area contributed by atoms with Crippen molar-refractivity contribution in [2.75, 3.05) is 20.0 Å². The second-order valence-electron chi connectivity index (χ2n) is 7.05. The molecule has 0 radical (unpaired) electrons. The summed E-state index contributed by atoms with van der Waals surface area (Å²) in [5, 5.41) is 11.3. The van der Waals surface area contributed by atoms with Gasteiger partial charge in [0.1, 0.15) is 11.9 Å². The molecule has 9 heteroatoms. The Kier molecular flexibility index (Phi) is 6.47. The summed E-state index contributed by atoms with van der Waals surface area (Å²) in [6.07, 6.45) is 2.23. The number of nitrogen functional groups attached to an aromatic ring is 1. The van der Waals surface area contributed by atoms with E-state index in [0.717, 1.165) is 0 Å². The Morgan fingerprint density at radius 2 is 1.84 bits per heavy atom. The van der Waals surface area contributed by atoms with Crippen LogP contribution in [0.4, 0.5) is 5.69 Å². The third kappa shape index (κ3) is 4.06. The molecule has 3 atom stereocenters. The van der Waals surface area contributed by atoms with Gasteiger partial charge in [-0.15, -0.1) is 0 Å². The predicted molar refractivity (Wildman–Crippen MR) is 117 cm³/mol. The maximum atomic E-state index is 13.6. The zero-order valence-corrected chi connectivity index (χ0v) is 18.0. The second kappa shape index (κ2) is 8.91. The van der Waals surface area contributed by atoms with Crippen LogP contribution in [0, 0.1) is 5.92 Å². The minimum atomic E-state index is -4.24. The monoisotopic (exact) mass is 444 g/mol. The Balaban J connectivity index is 2.06.